The van der Waals surface area contributed by atoms with Crippen LogP contribution < -0.4 is 9.62 Å². The Labute approximate surface area is 231 Å². The first-order valence-electron chi connectivity index (χ1n) is 12.5. The van der Waals surface area contributed by atoms with Gasteiger partial charge in [-0.2, -0.15) is 0 Å². The second-order valence-corrected chi connectivity index (χ2v) is 12.0. The highest BCUT2D eigenvalue weighted by Gasteiger charge is 2.30. The Balaban J connectivity index is 2.27. The quantitative estimate of drug-likeness (QED) is 0.341. The molecule has 2 atom stereocenters. The van der Waals surface area contributed by atoms with E-state index in [9.17, 15) is 18.0 Å². The number of amides is 2. The minimum Gasteiger partial charge on any atom is -0.352 e. The number of hydrogen-bond donors (Lipinski definition) is 1. The first-order chi connectivity index (χ1) is 17.4. The summed E-state index contributed by atoms with van der Waals surface area (Å²) in [5, 5.41) is 3.91. The van der Waals surface area contributed by atoms with Gasteiger partial charge in [0.25, 0.3) is 0 Å². The van der Waals surface area contributed by atoms with Crippen LogP contribution in [0.15, 0.2) is 42.5 Å². The number of aryl methyl sites for hydroxylation is 1. The smallest absolute Gasteiger partial charge is 0.243 e. The summed E-state index contributed by atoms with van der Waals surface area (Å²) >= 11 is 12.5. The van der Waals surface area contributed by atoms with Crippen LogP contribution in [0.1, 0.15) is 57.6 Å². The van der Waals surface area contributed by atoms with Crippen LogP contribution in [0, 0.1) is 6.92 Å². The fourth-order valence-corrected chi connectivity index (χ4v) is 5.38. The number of hydrogen-bond acceptors (Lipinski definition) is 4. The second kappa shape index (κ2) is 14.0. The fraction of sp³-hybridized carbons (Fsp3) is 0.481. The van der Waals surface area contributed by atoms with Crippen LogP contribution in [0.2, 0.25) is 10.0 Å². The second-order valence-electron chi connectivity index (χ2n) is 9.22. The molecular weight excluding hydrogens is 533 g/mol. The highest BCUT2D eigenvalue weighted by Crippen LogP contribution is 2.27. The molecule has 0 aromatic heterocycles. The summed E-state index contributed by atoms with van der Waals surface area (Å²) in [5.41, 5.74) is 1.98. The van der Waals surface area contributed by atoms with Gasteiger partial charge in [0.1, 0.15) is 6.04 Å². The first-order valence-corrected chi connectivity index (χ1v) is 15.1. The predicted molar refractivity (Wildman–Crippen MR) is 152 cm³/mol. The van der Waals surface area contributed by atoms with Crippen molar-refractivity contribution < 1.29 is 18.0 Å². The SMILES string of the molecule is CC[C@H](C(=O)N[C@@H](C)CC)N(Cc1ccccc1Cl)C(=O)CCCN(c1cc(Cl)ccc1C)S(C)(=O)=O. The summed E-state index contributed by atoms with van der Waals surface area (Å²) < 4.78 is 26.4. The summed E-state index contributed by atoms with van der Waals surface area (Å²) in [5.74, 6) is -0.466. The molecule has 0 radical (unpaired) electrons. The van der Waals surface area contributed by atoms with E-state index < -0.39 is 16.1 Å². The number of rotatable bonds is 13. The van der Waals surface area contributed by atoms with E-state index in [4.69, 9.17) is 23.2 Å². The minimum absolute atomic E-state index is 0.0249. The highest BCUT2D eigenvalue weighted by molar-refractivity contribution is 7.92. The molecule has 0 aliphatic rings. The van der Waals surface area contributed by atoms with Crippen LogP contribution in [0.5, 0.6) is 0 Å². The molecule has 0 aliphatic heterocycles. The van der Waals surface area contributed by atoms with Crippen molar-refractivity contribution >= 4 is 50.7 Å². The zero-order valence-corrected chi connectivity index (χ0v) is 24.5. The molecule has 0 fully saturated rings. The Morgan fingerprint density at radius 2 is 1.73 bits per heavy atom. The van der Waals surface area contributed by atoms with Crippen molar-refractivity contribution in [2.75, 3.05) is 17.1 Å². The third kappa shape index (κ3) is 8.90. The van der Waals surface area contributed by atoms with E-state index in [0.29, 0.717) is 22.2 Å². The van der Waals surface area contributed by atoms with E-state index in [-0.39, 0.29) is 43.8 Å². The van der Waals surface area contributed by atoms with Crippen LogP contribution >= 0.6 is 23.2 Å². The lowest BCUT2D eigenvalue weighted by Gasteiger charge is -2.32. The van der Waals surface area contributed by atoms with Crippen molar-refractivity contribution in [1.82, 2.24) is 10.2 Å². The summed E-state index contributed by atoms with van der Waals surface area (Å²) in [6.45, 7) is 7.84. The third-order valence-electron chi connectivity index (χ3n) is 6.28. The summed E-state index contributed by atoms with van der Waals surface area (Å²) in [6.07, 6.45) is 2.65. The maximum Gasteiger partial charge on any atom is 0.243 e. The molecule has 2 aromatic carbocycles. The van der Waals surface area contributed by atoms with Crippen LogP contribution in [0.4, 0.5) is 5.69 Å². The van der Waals surface area contributed by atoms with Crippen molar-refractivity contribution in [1.29, 1.82) is 0 Å². The Hall–Kier alpha value is -2.29. The molecule has 7 nitrogen and oxygen atoms in total. The van der Waals surface area contributed by atoms with Gasteiger partial charge in [-0.15, -0.1) is 0 Å². The largest absolute Gasteiger partial charge is 0.352 e. The molecule has 0 unspecified atom stereocenters. The van der Waals surface area contributed by atoms with Gasteiger partial charge in [-0.25, -0.2) is 8.42 Å². The fourth-order valence-electron chi connectivity index (χ4n) is 4.00. The predicted octanol–water partition coefficient (Wildman–Crippen LogP) is 5.57. The number of anilines is 1. The zero-order chi connectivity index (χ0) is 27.8. The molecule has 37 heavy (non-hydrogen) atoms. The molecule has 0 heterocycles. The average Bonchev–Trinajstić information content (AvgIpc) is 2.83. The van der Waals surface area contributed by atoms with Crippen molar-refractivity contribution in [3.05, 3.63) is 63.6 Å². The van der Waals surface area contributed by atoms with E-state index in [0.717, 1.165) is 23.8 Å². The Morgan fingerprint density at radius 1 is 1.05 bits per heavy atom. The van der Waals surface area contributed by atoms with Gasteiger partial charge in [-0.1, -0.05) is 61.3 Å². The molecule has 0 saturated heterocycles. The van der Waals surface area contributed by atoms with Crippen molar-refractivity contribution in [2.24, 2.45) is 0 Å². The standard InChI is InChI=1S/C27H37Cl2N3O4S/c1-6-20(4)30-27(34)24(7-2)31(18-21-11-8-9-12-23(21)29)26(33)13-10-16-32(37(5,35)36)25-17-22(28)15-14-19(25)3/h8-9,11-12,14-15,17,20,24H,6-7,10,13,16,18H2,1-5H3,(H,30,34)/t20-,24+/m0/s1. The molecule has 2 amide bonds. The van der Waals surface area contributed by atoms with Crippen LogP contribution in [-0.2, 0) is 26.2 Å². The first kappa shape index (κ1) is 30.9. The van der Waals surface area contributed by atoms with Gasteiger partial charge in [-0.3, -0.25) is 13.9 Å². The number of carbonyl (C=O) groups is 2. The summed E-state index contributed by atoms with van der Waals surface area (Å²) in [7, 11) is -3.61. The zero-order valence-electron chi connectivity index (χ0n) is 22.1. The van der Waals surface area contributed by atoms with E-state index in [1.165, 1.54) is 4.31 Å². The van der Waals surface area contributed by atoms with E-state index in [2.05, 4.69) is 5.32 Å². The minimum atomic E-state index is -3.61. The molecule has 10 heteroatoms. The van der Waals surface area contributed by atoms with E-state index in [1.54, 1.807) is 29.2 Å². The van der Waals surface area contributed by atoms with Crippen LogP contribution in [0.3, 0.4) is 0 Å². The van der Waals surface area contributed by atoms with Gasteiger partial charge >= 0.3 is 0 Å². The molecule has 0 bridgehead atoms. The van der Waals surface area contributed by atoms with Gasteiger partial charge in [0.05, 0.1) is 11.9 Å². The van der Waals surface area contributed by atoms with Gasteiger partial charge < -0.3 is 10.2 Å². The Kier molecular flexibility index (Phi) is 11.7. The van der Waals surface area contributed by atoms with Gasteiger partial charge in [0, 0.05) is 35.6 Å². The molecule has 0 saturated carbocycles. The van der Waals surface area contributed by atoms with Crippen molar-refractivity contribution in [3.63, 3.8) is 0 Å². The molecule has 2 aromatic rings. The average molecular weight is 571 g/mol. The van der Waals surface area contributed by atoms with Gasteiger partial charge in [0.15, 0.2) is 0 Å². The van der Waals surface area contributed by atoms with E-state index >= 15 is 0 Å². The number of nitrogens with zero attached hydrogens (tertiary/aromatic N) is 2. The van der Waals surface area contributed by atoms with Crippen molar-refractivity contribution in [2.45, 2.75) is 72.0 Å². The summed E-state index contributed by atoms with van der Waals surface area (Å²) in [6, 6.07) is 11.6. The maximum atomic E-state index is 13.5. The third-order valence-corrected chi connectivity index (χ3v) is 8.06. The Bertz CT molecular complexity index is 1190. The number of carbonyl (C=O) groups excluding carboxylic acids is 2. The number of halogens is 2. The molecule has 1 N–H and O–H groups in total. The number of sulfonamides is 1. The van der Waals surface area contributed by atoms with Gasteiger partial charge in [-0.05, 0) is 62.4 Å². The molecular formula is C27H37Cl2N3O4S. The number of benzene rings is 2. The molecule has 2 rings (SSSR count). The normalized spacial score (nSPS) is 13.1. The Morgan fingerprint density at radius 3 is 2.32 bits per heavy atom. The van der Waals surface area contributed by atoms with Gasteiger partial charge in [0.2, 0.25) is 21.8 Å². The maximum absolute atomic E-state index is 13.5. The van der Waals surface area contributed by atoms with Crippen molar-refractivity contribution in [3.8, 4) is 0 Å². The molecule has 0 aliphatic carbocycles. The molecule has 204 valence electrons. The molecule has 0 spiro atoms. The van der Waals surface area contributed by atoms with Crippen LogP contribution in [-0.4, -0.2) is 50.0 Å². The number of nitrogens with one attached hydrogen (secondary N) is 1. The van der Waals surface area contributed by atoms with Crippen LogP contribution in [0.25, 0.3) is 0 Å². The lowest BCUT2D eigenvalue weighted by molar-refractivity contribution is -0.141. The van der Waals surface area contributed by atoms with E-state index in [1.807, 2.05) is 45.9 Å². The summed E-state index contributed by atoms with van der Waals surface area (Å²) in [4.78, 5) is 28.2. The highest BCUT2D eigenvalue weighted by atomic mass is 35.5. The lowest BCUT2D eigenvalue weighted by atomic mass is 10.1. The topological polar surface area (TPSA) is 86.8 Å². The lowest BCUT2D eigenvalue weighted by Crippen LogP contribution is -2.50. The monoisotopic (exact) mass is 569 g/mol.